The lowest BCUT2D eigenvalue weighted by Gasteiger charge is -2.26. The van der Waals surface area contributed by atoms with Crippen LogP contribution < -0.4 is 5.32 Å². The number of nitrogens with one attached hydrogen (secondary N) is 1. The maximum atomic E-state index is 6.22. The molecule has 16 heavy (non-hydrogen) atoms. The fourth-order valence-corrected chi connectivity index (χ4v) is 2.41. The predicted octanol–water partition coefficient (Wildman–Crippen LogP) is 4.27. The SMILES string of the molecule is CCNCCC(C)(C)c1ccc(Cl)cc1Cl. The summed E-state index contributed by atoms with van der Waals surface area (Å²) in [4.78, 5) is 0. The molecule has 0 aromatic heterocycles. The summed E-state index contributed by atoms with van der Waals surface area (Å²) in [6, 6.07) is 5.74. The molecule has 90 valence electrons. The summed E-state index contributed by atoms with van der Waals surface area (Å²) in [6.07, 6.45) is 1.06. The molecule has 1 N–H and O–H groups in total. The van der Waals surface area contributed by atoms with Gasteiger partial charge in [-0.05, 0) is 42.6 Å². The van der Waals surface area contributed by atoms with Gasteiger partial charge in [0.1, 0.15) is 0 Å². The zero-order chi connectivity index (χ0) is 12.2. The Bertz CT molecular complexity index is 348. The monoisotopic (exact) mass is 259 g/mol. The number of hydrogen-bond acceptors (Lipinski definition) is 1. The lowest BCUT2D eigenvalue weighted by molar-refractivity contribution is 0.461. The van der Waals surface area contributed by atoms with E-state index < -0.39 is 0 Å². The first-order chi connectivity index (χ1) is 7.47. The van der Waals surface area contributed by atoms with Gasteiger partial charge in [-0.15, -0.1) is 0 Å². The van der Waals surface area contributed by atoms with Gasteiger partial charge in [-0.1, -0.05) is 50.0 Å². The molecule has 0 aliphatic carbocycles. The quantitative estimate of drug-likeness (QED) is 0.779. The van der Waals surface area contributed by atoms with E-state index >= 15 is 0 Å². The van der Waals surface area contributed by atoms with E-state index in [1.165, 1.54) is 0 Å². The predicted molar refractivity (Wildman–Crippen MR) is 72.6 cm³/mol. The molecule has 1 aromatic rings. The number of halogens is 2. The molecule has 0 aliphatic rings. The van der Waals surface area contributed by atoms with E-state index in [9.17, 15) is 0 Å². The largest absolute Gasteiger partial charge is 0.317 e. The van der Waals surface area contributed by atoms with Gasteiger partial charge in [0, 0.05) is 10.0 Å². The molecule has 0 bridgehead atoms. The number of benzene rings is 1. The first kappa shape index (κ1) is 13.8. The third-order valence-electron chi connectivity index (χ3n) is 2.84. The molecule has 3 heteroatoms. The van der Waals surface area contributed by atoms with Crippen molar-refractivity contribution in [1.29, 1.82) is 0 Å². The topological polar surface area (TPSA) is 12.0 Å². The molecule has 0 fully saturated rings. The second-order valence-corrected chi connectivity index (χ2v) is 5.46. The molecule has 1 nitrogen and oxygen atoms in total. The molecule has 0 heterocycles. The normalized spacial score (nSPS) is 11.8. The van der Waals surface area contributed by atoms with Crippen LogP contribution in [0.4, 0.5) is 0 Å². The van der Waals surface area contributed by atoms with Gasteiger partial charge in [-0.25, -0.2) is 0 Å². The zero-order valence-electron chi connectivity index (χ0n) is 10.1. The molecule has 1 aromatic carbocycles. The second-order valence-electron chi connectivity index (χ2n) is 4.61. The van der Waals surface area contributed by atoms with Crippen LogP contribution in [0, 0.1) is 0 Å². The van der Waals surface area contributed by atoms with E-state index in [1.807, 2.05) is 18.2 Å². The Morgan fingerprint density at radius 1 is 1.25 bits per heavy atom. The number of hydrogen-bond donors (Lipinski definition) is 1. The van der Waals surface area contributed by atoms with Crippen LogP contribution in [-0.2, 0) is 5.41 Å². The Morgan fingerprint density at radius 2 is 1.94 bits per heavy atom. The Balaban J connectivity index is 2.80. The van der Waals surface area contributed by atoms with E-state index in [1.54, 1.807) is 0 Å². The van der Waals surface area contributed by atoms with Crippen molar-refractivity contribution in [2.45, 2.75) is 32.6 Å². The van der Waals surface area contributed by atoms with Crippen LogP contribution in [0.15, 0.2) is 18.2 Å². The van der Waals surface area contributed by atoms with E-state index in [2.05, 4.69) is 26.1 Å². The van der Waals surface area contributed by atoms with Gasteiger partial charge in [0.2, 0.25) is 0 Å². The average Bonchev–Trinajstić information content (AvgIpc) is 2.17. The van der Waals surface area contributed by atoms with E-state index in [0.717, 1.165) is 30.1 Å². The highest BCUT2D eigenvalue weighted by atomic mass is 35.5. The highest BCUT2D eigenvalue weighted by molar-refractivity contribution is 6.35. The molecule has 0 amide bonds. The summed E-state index contributed by atoms with van der Waals surface area (Å²) in [5.74, 6) is 0. The summed E-state index contributed by atoms with van der Waals surface area (Å²) in [5, 5.41) is 4.79. The van der Waals surface area contributed by atoms with Gasteiger partial charge >= 0.3 is 0 Å². The fraction of sp³-hybridized carbons (Fsp3) is 0.538. The summed E-state index contributed by atoms with van der Waals surface area (Å²) < 4.78 is 0. The van der Waals surface area contributed by atoms with Crippen LogP contribution in [0.2, 0.25) is 10.0 Å². The van der Waals surface area contributed by atoms with Crippen molar-refractivity contribution >= 4 is 23.2 Å². The minimum absolute atomic E-state index is 0.0733. The van der Waals surface area contributed by atoms with E-state index in [0.29, 0.717) is 5.02 Å². The Labute approximate surface area is 108 Å². The average molecular weight is 260 g/mol. The van der Waals surface area contributed by atoms with Crippen LogP contribution in [0.25, 0.3) is 0 Å². The summed E-state index contributed by atoms with van der Waals surface area (Å²) in [7, 11) is 0. The Kier molecular flexibility index (Phi) is 5.10. The van der Waals surface area contributed by atoms with Crippen LogP contribution in [-0.4, -0.2) is 13.1 Å². The minimum Gasteiger partial charge on any atom is -0.317 e. The van der Waals surface area contributed by atoms with Crippen molar-refractivity contribution in [2.24, 2.45) is 0 Å². The lowest BCUT2D eigenvalue weighted by atomic mass is 9.81. The summed E-state index contributed by atoms with van der Waals surface area (Å²) in [5.41, 5.74) is 1.24. The van der Waals surface area contributed by atoms with Crippen molar-refractivity contribution in [1.82, 2.24) is 5.32 Å². The minimum atomic E-state index is 0.0733. The molecule has 0 radical (unpaired) electrons. The summed E-state index contributed by atoms with van der Waals surface area (Å²) >= 11 is 12.1. The van der Waals surface area contributed by atoms with Gasteiger partial charge < -0.3 is 5.32 Å². The van der Waals surface area contributed by atoms with Crippen molar-refractivity contribution in [3.05, 3.63) is 33.8 Å². The smallest absolute Gasteiger partial charge is 0.0458 e. The van der Waals surface area contributed by atoms with Crippen molar-refractivity contribution in [3.63, 3.8) is 0 Å². The molecule has 0 unspecified atom stereocenters. The first-order valence-electron chi connectivity index (χ1n) is 5.63. The number of rotatable bonds is 5. The molecule has 0 atom stereocenters. The first-order valence-corrected chi connectivity index (χ1v) is 6.39. The molecule has 0 spiro atoms. The van der Waals surface area contributed by atoms with E-state index in [4.69, 9.17) is 23.2 Å². The molecular weight excluding hydrogens is 241 g/mol. The zero-order valence-corrected chi connectivity index (χ0v) is 11.6. The Hall–Kier alpha value is -0.240. The molecule has 0 saturated heterocycles. The molecular formula is C13H19Cl2N. The molecule has 0 saturated carbocycles. The highest BCUT2D eigenvalue weighted by Crippen LogP contribution is 2.33. The maximum absolute atomic E-state index is 6.22. The van der Waals surface area contributed by atoms with Crippen LogP contribution in [0.3, 0.4) is 0 Å². The lowest BCUT2D eigenvalue weighted by Crippen LogP contribution is -2.25. The standard InChI is InChI=1S/C13H19Cl2N/c1-4-16-8-7-13(2,3)11-6-5-10(14)9-12(11)15/h5-6,9,16H,4,7-8H2,1-3H3. The molecule has 0 aliphatic heterocycles. The fourth-order valence-electron chi connectivity index (χ4n) is 1.75. The third kappa shape index (κ3) is 3.65. The van der Waals surface area contributed by atoms with Gasteiger partial charge in [0.25, 0.3) is 0 Å². The van der Waals surface area contributed by atoms with Crippen LogP contribution in [0.1, 0.15) is 32.8 Å². The van der Waals surface area contributed by atoms with E-state index in [-0.39, 0.29) is 5.41 Å². The second kappa shape index (κ2) is 5.90. The third-order valence-corrected chi connectivity index (χ3v) is 3.38. The van der Waals surface area contributed by atoms with Crippen molar-refractivity contribution in [2.75, 3.05) is 13.1 Å². The maximum Gasteiger partial charge on any atom is 0.0458 e. The van der Waals surface area contributed by atoms with Crippen molar-refractivity contribution in [3.8, 4) is 0 Å². The van der Waals surface area contributed by atoms with Gasteiger partial charge in [-0.3, -0.25) is 0 Å². The van der Waals surface area contributed by atoms with Crippen LogP contribution >= 0.6 is 23.2 Å². The summed E-state index contributed by atoms with van der Waals surface area (Å²) in [6.45, 7) is 8.54. The van der Waals surface area contributed by atoms with Gasteiger partial charge in [0.05, 0.1) is 0 Å². The van der Waals surface area contributed by atoms with Crippen molar-refractivity contribution < 1.29 is 0 Å². The molecule has 1 rings (SSSR count). The highest BCUT2D eigenvalue weighted by Gasteiger charge is 2.22. The van der Waals surface area contributed by atoms with Crippen LogP contribution in [0.5, 0.6) is 0 Å². The van der Waals surface area contributed by atoms with Gasteiger partial charge in [0.15, 0.2) is 0 Å². The Morgan fingerprint density at radius 3 is 2.50 bits per heavy atom. The van der Waals surface area contributed by atoms with Gasteiger partial charge in [-0.2, -0.15) is 0 Å².